The van der Waals surface area contributed by atoms with E-state index in [2.05, 4.69) is 9.97 Å². The fourth-order valence-corrected chi connectivity index (χ4v) is 2.52. The van der Waals surface area contributed by atoms with Crippen LogP contribution in [-0.2, 0) is 11.2 Å². The summed E-state index contributed by atoms with van der Waals surface area (Å²) in [6.07, 6.45) is 2.36. The van der Waals surface area contributed by atoms with Crippen LogP contribution in [0.5, 0.6) is 0 Å². The number of nitrogens with one attached hydrogen (secondary N) is 1. The molecule has 0 radical (unpaired) electrons. The lowest BCUT2D eigenvalue weighted by Gasteiger charge is -1.90. The zero-order valence-electron chi connectivity index (χ0n) is 8.70. The van der Waals surface area contributed by atoms with Gasteiger partial charge in [0.05, 0.1) is 11.4 Å². The molecule has 2 aromatic rings. The summed E-state index contributed by atoms with van der Waals surface area (Å²) in [4.78, 5) is 19.6. The van der Waals surface area contributed by atoms with E-state index in [1.54, 1.807) is 18.3 Å². The summed E-state index contributed by atoms with van der Waals surface area (Å²) in [6, 6.07) is 3.92. The molecule has 15 heavy (non-hydrogen) atoms. The molecule has 0 aliphatic rings. The van der Waals surface area contributed by atoms with Gasteiger partial charge in [0.25, 0.3) is 0 Å². The highest BCUT2D eigenvalue weighted by atomic mass is 32.1. The number of aromatic amines is 1. The third-order valence-corrected chi connectivity index (χ3v) is 3.32. The highest BCUT2D eigenvalue weighted by Gasteiger charge is 2.10. The second-order valence-electron chi connectivity index (χ2n) is 3.49. The maximum absolute atomic E-state index is 11.0. The van der Waals surface area contributed by atoms with E-state index in [4.69, 9.17) is 0 Å². The summed E-state index contributed by atoms with van der Waals surface area (Å²) in [5, 5.41) is 0.953. The Kier molecular flexibility index (Phi) is 2.68. The Morgan fingerprint density at radius 1 is 1.60 bits per heavy atom. The second-order valence-corrected chi connectivity index (χ2v) is 4.57. The molecule has 0 amide bonds. The number of carbonyl (C=O) groups is 1. The molecule has 3 nitrogen and oxygen atoms in total. The van der Waals surface area contributed by atoms with Crippen molar-refractivity contribution in [3.63, 3.8) is 0 Å². The summed E-state index contributed by atoms with van der Waals surface area (Å²) >= 11 is 1.58. The third kappa shape index (κ3) is 2.15. The number of carbonyl (C=O) groups excluding carboxylic acids is 1. The molecule has 0 aromatic carbocycles. The quantitative estimate of drug-likeness (QED) is 0.864. The minimum absolute atomic E-state index is 0.180. The number of H-pyrrole nitrogens is 1. The summed E-state index contributed by atoms with van der Waals surface area (Å²) in [6.45, 7) is 3.55. The van der Waals surface area contributed by atoms with E-state index in [0.29, 0.717) is 6.42 Å². The van der Waals surface area contributed by atoms with Gasteiger partial charge in [0.1, 0.15) is 10.8 Å². The molecule has 78 valence electrons. The first-order valence-electron chi connectivity index (χ1n) is 4.76. The number of hydrogen-bond donors (Lipinski definition) is 1. The molecular weight excluding hydrogens is 208 g/mol. The number of Topliss-reactive ketones (excluding diaryl/α,β-unsaturated/α-hetero) is 1. The topological polar surface area (TPSA) is 45.8 Å². The maximum Gasteiger partial charge on any atom is 0.140 e. The minimum atomic E-state index is 0.180. The smallest absolute Gasteiger partial charge is 0.140 e. The SMILES string of the molecule is CC(=O)Cc1sc(-c2ccc[nH]2)nc1C. The zero-order chi connectivity index (χ0) is 10.8. The molecule has 0 bridgehead atoms. The van der Waals surface area contributed by atoms with Crippen LogP contribution in [0.2, 0.25) is 0 Å². The van der Waals surface area contributed by atoms with Crippen LogP contribution < -0.4 is 0 Å². The first kappa shape index (κ1) is 10.1. The van der Waals surface area contributed by atoms with Gasteiger partial charge in [-0.05, 0) is 26.0 Å². The van der Waals surface area contributed by atoms with Crippen molar-refractivity contribution in [3.05, 3.63) is 28.9 Å². The van der Waals surface area contributed by atoms with Crippen molar-refractivity contribution in [3.8, 4) is 10.7 Å². The summed E-state index contributed by atoms with van der Waals surface area (Å²) in [5.41, 5.74) is 1.97. The van der Waals surface area contributed by atoms with E-state index in [0.717, 1.165) is 21.3 Å². The fraction of sp³-hybridized carbons (Fsp3) is 0.273. The standard InChI is InChI=1S/C11H12N2OS/c1-7(14)6-10-8(2)13-11(15-10)9-4-3-5-12-9/h3-5,12H,6H2,1-2H3. The molecule has 4 heteroatoms. The van der Waals surface area contributed by atoms with E-state index in [9.17, 15) is 4.79 Å². The fourth-order valence-electron chi connectivity index (χ4n) is 1.40. The Hall–Kier alpha value is -1.42. The number of aryl methyl sites for hydroxylation is 1. The summed E-state index contributed by atoms with van der Waals surface area (Å²) in [5.74, 6) is 0.180. The number of hydrogen-bond acceptors (Lipinski definition) is 3. The van der Waals surface area contributed by atoms with Crippen LogP contribution in [0.1, 0.15) is 17.5 Å². The molecule has 1 N–H and O–H groups in total. The van der Waals surface area contributed by atoms with Crippen molar-refractivity contribution >= 4 is 17.1 Å². The van der Waals surface area contributed by atoms with Gasteiger partial charge in [-0.1, -0.05) is 0 Å². The molecule has 0 aliphatic heterocycles. The number of rotatable bonds is 3. The Balaban J connectivity index is 2.33. The molecule has 0 aliphatic carbocycles. The van der Waals surface area contributed by atoms with Crippen molar-refractivity contribution in [1.82, 2.24) is 9.97 Å². The lowest BCUT2D eigenvalue weighted by molar-refractivity contribution is -0.116. The minimum Gasteiger partial charge on any atom is -0.359 e. The van der Waals surface area contributed by atoms with Gasteiger partial charge in [0.2, 0.25) is 0 Å². The Morgan fingerprint density at radius 2 is 2.40 bits per heavy atom. The monoisotopic (exact) mass is 220 g/mol. The maximum atomic E-state index is 11.0. The van der Waals surface area contributed by atoms with Gasteiger partial charge in [-0.15, -0.1) is 11.3 Å². The van der Waals surface area contributed by atoms with Crippen molar-refractivity contribution in [1.29, 1.82) is 0 Å². The molecule has 0 fully saturated rings. The predicted molar refractivity (Wildman–Crippen MR) is 61.0 cm³/mol. The van der Waals surface area contributed by atoms with Gasteiger partial charge >= 0.3 is 0 Å². The molecule has 0 saturated carbocycles. The number of nitrogens with zero attached hydrogens (tertiary/aromatic N) is 1. The Labute approximate surface area is 92.2 Å². The lowest BCUT2D eigenvalue weighted by atomic mass is 10.2. The molecule has 2 aromatic heterocycles. The molecule has 2 rings (SSSR count). The predicted octanol–water partition coefficient (Wildman–Crippen LogP) is 2.58. The van der Waals surface area contributed by atoms with Gasteiger partial charge in [-0.3, -0.25) is 4.79 Å². The van der Waals surface area contributed by atoms with Crippen molar-refractivity contribution in [2.75, 3.05) is 0 Å². The molecule has 0 atom stereocenters. The van der Waals surface area contributed by atoms with Crippen molar-refractivity contribution < 1.29 is 4.79 Å². The van der Waals surface area contributed by atoms with E-state index < -0.39 is 0 Å². The van der Waals surface area contributed by atoms with E-state index in [-0.39, 0.29) is 5.78 Å². The lowest BCUT2D eigenvalue weighted by Crippen LogP contribution is -1.94. The van der Waals surface area contributed by atoms with Crippen LogP contribution >= 0.6 is 11.3 Å². The van der Waals surface area contributed by atoms with Crippen LogP contribution in [0.3, 0.4) is 0 Å². The zero-order valence-corrected chi connectivity index (χ0v) is 9.52. The number of thiazole rings is 1. The average molecular weight is 220 g/mol. The van der Waals surface area contributed by atoms with Gasteiger partial charge in [-0.2, -0.15) is 0 Å². The highest BCUT2D eigenvalue weighted by Crippen LogP contribution is 2.26. The number of aromatic nitrogens is 2. The van der Waals surface area contributed by atoms with E-state index in [1.807, 2.05) is 25.3 Å². The van der Waals surface area contributed by atoms with Crippen LogP contribution in [-0.4, -0.2) is 15.8 Å². The van der Waals surface area contributed by atoms with Crippen LogP contribution in [0.25, 0.3) is 10.7 Å². The van der Waals surface area contributed by atoms with E-state index in [1.165, 1.54) is 0 Å². The third-order valence-electron chi connectivity index (χ3n) is 2.13. The molecule has 0 unspecified atom stereocenters. The molecule has 0 spiro atoms. The average Bonchev–Trinajstić information content (AvgIpc) is 2.75. The normalized spacial score (nSPS) is 10.5. The van der Waals surface area contributed by atoms with Crippen LogP contribution in [0, 0.1) is 6.92 Å². The van der Waals surface area contributed by atoms with Crippen molar-refractivity contribution in [2.45, 2.75) is 20.3 Å². The summed E-state index contributed by atoms with van der Waals surface area (Å²) in [7, 11) is 0. The van der Waals surface area contributed by atoms with Gasteiger partial charge < -0.3 is 4.98 Å². The van der Waals surface area contributed by atoms with Gasteiger partial charge in [0, 0.05) is 17.5 Å². The molecular formula is C11H12N2OS. The van der Waals surface area contributed by atoms with Gasteiger partial charge in [-0.25, -0.2) is 4.98 Å². The van der Waals surface area contributed by atoms with Gasteiger partial charge in [0.15, 0.2) is 0 Å². The Bertz CT molecular complexity index is 471. The van der Waals surface area contributed by atoms with Crippen LogP contribution in [0.4, 0.5) is 0 Å². The first-order chi connectivity index (χ1) is 7.16. The van der Waals surface area contributed by atoms with Crippen LogP contribution in [0.15, 0.2) is 18.3 Å². The first-order valence-corrected chi connectivity index (χ1v) is 5.58. The Morgan fingerprint density at radius 3 is 3.00 bits per heavy atom. The molecule has 2 heterocycles. The second kappa shape index (κ2) is 3.98. The van der Waals surface area contributed by atoms with E-state index >= 15 is 0 Å². The summed E-state index contributed by atoms with van der Waals surface area (Å²) < 4.78 is 0. The largest absolute Gasteiger partial charge is 0.359 e. The highest BCUT2D eigenvalue weighted by molar-refractivity contribution is 7.15. The number of ketones is 1. The molecule has 0 saturated heterocycles. The van der Waals surface area contributed by atoms with Crippen molar-refractivity contribution in [2.24, 2.45) is 0 Å².